The van der Waals surface area contributed by atoms with Crippen LogP contribution in [-0.2, 0) is 24.2 Å². The second kappa shape index (κ2) is 3.60. The lowest BCUT2D eigenvalue weighted by molar-refractivity contribution is -0.254. The zero-order valence-corrected chi connectivity index (χ0v) is 5.54. The van der Waals surface area contributed by atoms with Crippen molar-refractivity contribution >= 4 is 17.7 Å². The number of rotatable bonds is 1. The second-order valence-electron chi connectivity index (χ2n) is 1.50. The van der Waals surface area contributed by atoms with Gasteiger partial charge in [0.05, 0.1) is 0 Å². The largest absolute Gasteiger partial charge is 0.421 e. The Bertz CT molecular complexity index is 171. The lowest BCUT2D eigenvalue weighted by atomic mass is 10.5. The lowest BCUT2D eigenvalue weighted by Crippen LogP contribution is -2.15. The van der Waals surface area contributed by atoms with Gasteiger partial charge in [0.1, 0.15) is 0 Å². The van der Waals surface area contributed by atoms with Crippen LogP contribution in [0.5, 0.6) is 0 Å². The molecule has 0 atom stereocenters. The molecule has 0 rings (SSSR count). The van der Waals surface area contributed by atoms with Gasteiger partial charge >= 0.3 is 11.9 Å². The van der Waals surface area contributed by atoms with E-state index in [1.54, 1.807) is 0 Å². The fourth-order valence-corrected chi connectivity index (χ4v) is 0.155. The van der Waals surface area contributed by atoms with Crippen molar-refractivity contribution in [3.63, 3.8) is 0 Å². The van der Waals surface area contributed by atoms with Crippen molar-refractivity contribution in [3.8, 4) is 0 Å². The molecule has 0 saturated heterocycles. The van der Waals surface area contributed by atoms with Gasteiger partial charge in [-0.1, -0.05) is 0 Å². The van der Waals surface area contributed by atoms with Crippen LogP contribution in [0.1, 0.15) is 13.8 Å². The fraction of sp³-hybridized carbons (Fsp3) is 0.400. The van der Waals surface area contributed by atoms with Gasteiger partial charge in [-0.2, -0.15) is 0 Å². The molecule has 0 aliphatic carbocycles. The Morgan fingerprint density at radius 2 is 1.50 bits per heavy atom. The summed E-state index contributed by atoms with van der Waals surface area (Å²) in [6.07, 6.45) is 0. The first-order valence-corrected chi connectivity index (χ1v) is 2.44. The van der Waals surface area contributed by atoms with Gasteiger partial charge in [0.25, 0.3) is 0 Å². The molecule has 0 aromatic rings. The summed E-state index contributed by atoms with van der Waals surface area (Å²) in [5.74, 6) is -2.79. The third kappa shape index (κ3) is 3.59. The number of hydrogen-bond acceptors (Lipinski definition) is 5. The Kier molecular flexibility index (Phi) is 3.10. The number of hydrogen-bond donors (Lipinski definition) is 0. The zero-order chi connectivity index (χ0) is 8.15. The lowest BCUT2D eigenvalue weighted by Gasteiger charge is -1.95. The highest BCUT2D eigenvalue weighted by molar-refractivity contribution is 6.32. The Morgan fingerprint density at radius 1 is 1.00 bits per heavy atom. The van der Waals surface area contributed by atoms with Crippen LogP contribution in [0.25, 0.3) is 0 Å². The van der Waals surface area contributed by atoms with Crippen molar-refractivity contribution in [1.29, 1.82) is 0 Å². The van der Waals surface area contributed by atoms with Crippen molar-refractivity contribution in [2.75, 3.05) is 0 Å². The Balaban J connectivity index is 3.60. The quantitative estimate of drug-likeness (QED) is 0.286. The van der Waals surface area contributed by atoms with Crippen LogP contribution >= 0.6 is 0 Å². The predicted octanol–water partition coefficient (Wildman–Crippen LogP) is -0.403. The fourth-order valence-electron chi connectivity index (χ4n) is 0.155. The first kappa shape index (κ1) is 8.61. The number of carbonyl (C=O) groups is 3. The molecule has 0 amide bonds. The highest BCUT2D eigenvalue weighted by atomic mass is 17.2. The molecule has 5 nitrogen and oxygen atoms in total. The minimum Gasteiger partial charge on any atom is -0.287 e. The van der Waals surface area contributed by atoms with Crippen LogP contribution in [-0.4, -0.2) is 17.7 Å². The van der Waals surface area contributed by atoms with E-state index in [4.69, 9.17) is 0 Å². The molecule has 10 heavy (non-hydrogen) atoms. The van der Waals surface area contributed by atoms with Crippen molar-refractivity contribution in [1.82, 2.24) is 0 Å². The highest BCUT2D eigenvalue weighted by Gasteiger charge is 2.11. The second-order valence-corrected chi connectivity index (χ2v) is 1.50. The predicted molar refractivity (Wildman–Crippen MR) is 28.5 cm³/mol. The minimum atomic E-state index is -1.18. The van der Waals surface area contributed by atoms with Crippen LogP contribution in [0.15, 0.2) is 0 Å². The average molecular weight is 146 g/mol. The summed E-state index contributed by atoms with van der Waals surface area (Å²) in [6, 6.07) is 0. The van der Waals surface area contributed by atoms with E-state index in [0.717, 1.165) is 13.8 Å². The van der Waals surface area contributed by atoms with Crippen molar-refractivity contribution in [2.24, 2.45) is 0 Å². The monoisotopic (exact) mass is 146 g/mol. The molecule has 0 aliphatic rings. The molecular formula is C5H6O5. The van der Waals surface area contributed by atoms with E-state index in [1.807, 2.05) is 0 Å². The summed E-state index contributed by atoms with van der Waals surface area (Å²) in [7, 11) is 0. The number of carbonyl (C=O) groups excluding carboxylic acids is 3. The molecular weight excluding hydrogens is 140 g/mol. The number of ketones is 1. The van der Waals surface area contributed by atoms with Crippen LogP contribution in [0, 0.1) is 0 Å². The smallest absolute Gasteiger partial charge is 0.287 e. The van der Waals surface area contributed by atoms with Gasteiger partial charge in [0.2, 0.25) is 5.78 Å². The molecule has 0 spiro atoms. The summed E-state index contributed by atoms with van der Waals surface area (Å²) in [5.41, 5.74) is 0. The Morgan fingerprint density at radius 3 is 1.80 bits per heavy atom. The summed E-state index contributed by atoms with van der Waals surface area (Å²) >= 11 is 0. The molecule has 0 saturated carbocycles. The standard InChI is InChI=1S/C5H6O5/c1-3(6)5(8)10-9-4(2)7/h1-2H3. The van der Waals surface area contributed by atoms with Crippen LogP contribution < -0.4 is 0 Å². The van der Waals surface area contributed by atoms with Gasteiger partial charge in [-0.15, -0.1) is 0 Å². The van der Waals surface area contributed by atoms with Gasteiger partial charge < -0.3 is 0 Å². The summed E-state index contributed by atoms with van der Waals surface area (Å²) in [4.78, 5) is 37.7. The van der Waals surface area contributed by atoms with Gasteiger partial charge in [-0.05, 0) is 0 Å². The minimum absolute atomic E-state index is 0.783. The molecule has 0 aromatic heterocycles. The summed E-state index contributed by atoms with van der Waals surface area (Å²) < 4.78 is 0. The van der Waals surface area contributed by atoms with Crippen molar-refractivity contribution in [2.45, 2.75) is 13.8 Å². The van der Waals surface area contributed by atoms with Gasteiger partial charge in [0.15, 0.2) is 0 Å². The molecule has 0 fully saturated rings. The van der Waals surface area contributed by atoms with Crippen LogP contribution in [0.2, 0.25) is 0 Å². The van der Waals surface area contributed by atoms with E-state index in [1.165, 1.54) is 0 Å². The summed E-state index contributed by atoms with van der Waals surface area (Å²) in [5, 5.41) is 0. The Labute approximate surface area is 56.8 Å². The van der Waals surface area contributed by atoms with Crippen molar-refractivity contribution < 1.29 is 24.2 Å². The highest BCUT2D eigenvalue weighted by Crippen LogP contribution is 1.82. The maximum atomic E-state index is 10.2. The topological polar surface area (TPSA) is 69.7 Å². The van der Waals surface area contributed by atoms with E-state index >= 15 is 0 Å². The van der Waals surface area contributed by atoms with E-state index in [2.05, 4.69) is 9.78 Å². The SMILES string of the molecule is CC(=O)OOC(=O)C(C)=O. The van der Waals surface area contributed by atoms with Gasteiger partial charge in [0, 0.05) is 13.8 Å². The van der Waals surface area contributed by atoms with Crippen molar-refractivity contribution in [3.05, 3.63) is 0 Å². The molecule has 0 aromatic carbocycles. The first-order valence-electron chi connectivity index (χ1n) is 2.44. The summed E-state index contributed by atoms with van der Waals surface area (Å²) in [6.45, 7) is 2.05. The molecule has 0 heterocycles. The third-order valence-electron chi connectivity index (χ3n) is 0.522. The maximum Gasteiger partial charge on any atom is 0.421 e. The average Bonchev–Trinajstić information content (AvgIpc) is 1.82. The molecule has 0 aliphatic heterocycles. The molecule has 0 N–H and O–H groups in total. The van der Waals surface area contributed by atoms with E-state index < -0.39 is 17.7 Å². The molecule has 5 heteroatoms. The zero-order valence-electron chi connectivity index (χ0n) is 5.54. The van der Waals surface area contributed by atoms with Crippen LogP contribution in [0.3, 0.4) is 0 Å². The normalized spacial score (nSPS) is 8.20. The number of Topliss-reactive ketones (excluding diaryl/α,β-unsaturated/α-hetero) is 1. The first-order chi connectivity index (χ1) is 4.54. The molecule has 0 bridgehead atoms. The third-order valence-corrected chi connectivity index (χ3v) is 0.522. The van der Waals surface area contributed by atoms with Gasteiger partial charge in [-0.25, -0.2) is 19.4 Å². The van der Waals surface area contributed by atoms with E-state index in [9.17, 15) is 14.4 Å². The molecule has 56 valence electrons. The maximum absolute atomic E-state index is 10.2. The molecule has 0 radical (unpaired) electrons. The van der Waals surface area contributed by atoms with E-state index in [-0.39, 0.29) is 0 Å². The van der Waals surface area contributed by atoms with E-state index in [0.29, 0.717) is 0 Å². The van der Waals surface area contributed by atoms with Crippen LogP contribution in [0.4, 0.5) is 0 Å². The molecule has 0 unspecified atom stereocenters. The van der Waals surface area contributed by atoms with Gasteiger partial charge in [-0.3, -0.25) is 4.79 Å². The Hall–Kier alpha value is -1.39.